The molecule has 2 aromatic heterocycles. The Balaban J connectivity index is 0.000000227. The molecule has 4 rings (SSSR count). The summed E-state index contributed by atoms with van der Waals surface area (Å²) in [6.07, 6.45) is 13.7. The van der Waals surface area contributed by atoms with E-state index in [4.69, 9.17) is 10.2 Å². The lowest BCUT2D eigenvalue weighted by atomic mass is 10.0. The van der Waals surface area contributed by atoms with Crippen molar-refractivity contribution in [2.45, 2.75) is 71.1 Å². The van der Waals surface area contributed by atoms with Crippen molar-refractivity contribution in [1.29, 1.82) is 0 Å². The number of allylic oxidation sites excluding steroid dienone is 1. The molecule has 0 radical (unpaired) electrons. The summed E-state index contributed by atoms with van der Waals surface area (Å²) in [5.41, 5.74) is 3.66. The predicted octanol–water partition coefficient (Wildman–Crippen LogP) is 6.16. The first-order valence-electron chi connectivity index (χ1n) is 13.1. The van der Waals surface area contributed by atoms with Crippen LogP contribution in [0.15, 0.2) is 60.7 Å². The molecular weight excluding hydrogens is 484 g/mol. The molecular formula is C28H38N6O4. The van der Waals surface area contributed by atoms with E-state index in [0.29, 0.717) is 0 Å². The van der Waals surface area contributed by atoms with E-state index in [1.807, 2.05) is 48.5 Å². The van der Waals surface area contributed by atoms with Crippen LogP contribution in [0.1, 0.15) is 71.1 Å². The molecule has 0 amide bonds. The average Bonchev–Trinajstić information content (AvgIpc) is 3.59. The van der Waals surface area contributed by atoms with Crippen molar-refractivity contribution in [2.24, 2.45) is 5.92 Å². The lowest BCUT2D eigenvalue weighted by Crippen LogP contribution is -2.15. The fraction of sp³-hybridized carbons (Fsp3) is 0.429. The molecule has 0 saturated carbocycles. The van der Waals surface area contributed by atoms with E-state index in [2.05, 4.69) is 37.7 Å². The molecule has 1 unspecified atom stereocenters. The Morgan fingerprint density at radius 1 is 0.737 bits per heavy atom. The van der Waals surface area contributed by atoms with Crippen molar-refractivity contribution < 1.29 is 19.8 Å². The number of nitrogens with one attached hydrogen (secondary N) is 2. The van der Waals surface area contributed by atoms with Gasteiger partial charge in [0.05, 0.1) is 12.3 Å². The number of unbranched alkanes of at least 4 members (excludes halogenated alkanes) is 8. The van der Waals surface area contributed by atoms with E-state index in [9.17, 15) is 9.59 Å². The van der Waals surface area contributed by atoms with Crippen LogP contribution in [0.3, 0.4) is 0 Å². The number of carboxylic acid groups (broad SMARTS) is 2. The highest BCUT2D eigenvalue weighted by Gasteiger charge is 2.17. The molecule has 0 fully saturated rings. The van der Waals surface area contributed by atoms with Crippen LogP contribution in [-0.2, 0) is 9.59 Å². The quantitative estimate of drug-likeness (QED) is 0.120. The number of aromatic nitrogens is 6. The minimum Gasteiger partial charge on any atom is -0.481 e. The maximum atomic E-state index is 10.8. The first kappa shape index (κ1) is 30.1. The van der Waals surface area contributed by atoms with Crippen LogP contribution in [-0.4, -0.2) is 53.0 Å². The summed E-state index contributed by atoms with van der Waals surface area (Å²) < 4.78 is 0. The molecule has 0 bridgehead atoms. The van der Waals surface area contributed by atoms with Gasteiger partial charge in [0.25, 0.3) is 0 Å². The van der Waals surface area contributed by atoms with E-state index in [1.165, 1.54) is 44.6 Å². The van der Waals surface area contributed by atoms with Gasteiger partial charge in [-0.3, -0.25) is 9.59 Å². The van der Waals surface area contributed by atoms with Crippen LogP contribution in [0.2, 0.25) is 0 Å². The molecule has 4 aromatic rings. The Labute approximate surface area is 222 Å². The highest BCUT2D eigenvalue weighted by Crippen LogP contribution is 2.11. The number of nitrogens with zero attached hydrogens (tertiary/aromatic N) is 4. The van der Waals surface area contributed by atoms with Gasteiger partial charge < -0.3 is 10.2 Å². The van der Waals surface area contributed by atoms with E-state index < -0.39 is 17.9 Å². The molecule has 0 spiro atoms. The Morgan fingerprint density at radius 3 is 1.55 bits per heavy atom. The van der Waals surface area contributed by atoms with Gasteiger partial charge in [0, 0.05) is 0 Å². The molecule has 10 nitrogen and oxygen atoms in total. The van der Waals surface area contributed by atoms with Crippen molar-refractivity contribution in [1.82, 2.24) is 30.8 Å². The zero-order valence-electron chi connectivity index (χ0n) is 21.9. The number of H-pyrrole nitrogens is 2. The number of carboxylic acids is 2. The fourth-order valence-electron chi connectivity index (χ4n) is 3.65. The molecule has 204 valence electrons. The zero-order valence-corrected chi connectivity index (χ0v) is 21.9. The van der Waals surface area contributed by atoms with Crippen LogP contribution >= 0.6 is 0 Å². The normalized spacial score (nSPS) is 11.5. The highest BCUT2D eigenvalue weighted by atomic mass is 16.4. The van der Waals surface area contributed by atoms with Crippen molar-refractivity contribution in [3.05, 3.63) is 60.7 Å². The van der Waals surface area contributed by atoms with Gasteiger partial charge in [-0.25, -0.2) is 0 Å². The van der Waals surface area contributed by atoms with Gasteiger partial charge in [0.1, 0.15) is 22.1 Å². The second-order valence-corrected chi connectivity index (χ2v) is 8.86. The lowest BCUT2D eigenvalue weighted by molar-refractivity contribution is -0.146. The summed E-state index contributed by atoms with van der Waals surface area (Å²) in [6.45, 7) is 2.21. The molecule has 0 aliphatic carbocycles. The van der Waals surface area contributed by atoms with E-state index in [-0.39, 0.29) is 6.42 Å². The second kappa shape index (κ2) is 18.2. The Kier molecular flexibility index (Phi) is 14.4. The number of fused-ring (bicyclic) bond motifs is 2. The molecule has 0 aliphatic heterocycles. The third kappa shape index (κ3) is 12.2. The topological polar surface area (TPSA) is 158 Å². The number of carbonyl (C=O) groups is 2. The average molecular weight is 523 g/mol. The molecule has 1 atom stereocenters. The van der Waals surface area contributed by atoms with E-state index in [0.717, 1.165) is 41.3 Å². The van der Waals surface area contributed by atoms with E-state index in [1.54, 1.807) is 6.08 Å². The molecule has 0 saturated heterocycles. The van der Waals surface area contributed by atoms with Crippen LogP contribution in [0.5, 0.6) is 0 Å². The summed E-state index contributed by atoms with van der Waals surface area (Å²) in [4.78, 5) is 21.3. The van der Waals surface area contributed by atoms with Gasteiger partial charge in [-0.05, 0) is 37.1 Å². The Hall–Kier alpha value is -4.08. The minimum atomic E-state index is -1.07. The Bertz CT molecular complexity index is 1110. The molecule has 2 aromatic carbocycles. The monoisotopic (exact) mass is 522 g/mol. The summed E-state index contributed by atoms with van der Waals surface area (Å²) in [5, 5.41) is 38.1. The van der Waals surface area contributed by atoms with Gasteiger partial charge in [0.15, 0.2) is 0 Å². The van der Waals surface area contributed by atoms with Gasteiger partial charge in [-0.15, -0.1) is 0 Å². The number of aliphatic carboxylic acids is 2. The number of hydrogen-bond acceptors (Lipinski definition) is 6. The number of benzene rings is 2. The number of rotatable bonds is 13. The third-order valence-corrected chi connectivity index (χ3v) is 5.75. The van der Waals surface area contributed by atoms with E-state index >= 15 is 0 Å². The van der Waals surface area contributed by atoms with Crippen molar-refractivity contribution >= 4 is 34.0 Å². The maximum absolute atomic E-state index is 10.8. The van der Waals surface area contributed by atoms with Gasteiger partial charge in [-0.2, -0.15) is 30.8 Å². The predicted molar refractivity (Wildman–Crippen MR) is 148 cm³/mol. The molecule has 10 heteroatoms. The van der Waals surface area contributed by atoms with Crippen molar-refractivity contribution in [2.75, 3.05) is 0 Å². The van der Waals surface area contributed by atoms with Crippen LogP contribution in [0.4, 0.5) is 0 Å². The zero-order chi connectivity index (χ0) is 27.4. The maximum Gasteiger partial charge on any atom is 0.310 e. The smallest absolute Gasteiger partial charge is 0.310 e. The standard InChI is InChI=1S/C16H28O4.2C6H5N3/c1-2-3-4-5-6-7-8-9-10-11-12-14(16(19)20)13-15(17)18;2*1-2-4-6-5(3-1)7-9-8-6/h11-12,14H,2-10,13H2,1H3,(H,17,18)(H,19,20);2*1-4H,(H,7,8,9). The van der Waals surface area contributed by atoms with Gasteiger partial charge in [0.2, 0.25) is 0 Å². The molecule has 0 aliphatic rings. The number of para-hydroxylation sites is 4. The van der Waals surface area contributed by atoms with Crippen LogP contribution < -0.4 is 0 Å². The molecule has 38 heavy (non-hydrogen) atoms. The van der Waals surface area contributed by atoms with Crippen LogP contribution in [0.25, 0.3) is 22.1 Å². The number of aromatic amines is 2. The lowest BCUT2D eigenvalue weighted by Gasteiger charge is -2.03. The molecule has 2 heterocycles. The first-order chi connectivity index (χ1) is 18.5. The summed E-state index contributed by atoms with van der Waals surface area (Å²) in [6, 6.07) is 15.4. The Morgan fingerprint density at radius 2 is 1.16 bits per heavy atom. The van der Waals surface area contributed by atoms with Gasteiger partial charge >= 0.3 is 11.9 Å². The van der Waals surface area contributed by atoms with Gasteiger partial charge in [-0.1, -0.05) is 88.3 Å². The summed E-state index contributed by atoms with van der Waals surface area (Å²) in [7, 11) is 0. The largest absolute Gasteiger partial charge is 0.481 e. The highest BCUT2D eigenvalue weighted by molar-refractivity contribution is 5.79. The second-order valence-electron chi connectivity index (χ2n) is 8.86. The van der Waals surface area contributed by atoms with Crippen LogP contribution in [0, 0.1) is 5.92 Å². The molecule has 4 N–H and O–H groups in total. The first-order valence-corrected chi connectivity index (χ1v) is 13.1. The van der Waals surface area contributed by atoms with Crippen molar-refractivity contribution in [3.8, 4) is 0 Å². The number of hydrogen-bond donors (Lipinski definition) is 4. The fourth-order valence-corrected chi connectivity index (χ4v) is 3.65. The summed E-state index contributed by atoms with van der Waals surface area (Å²) >= 11 is 0. The SMILES string of the molecule is CCCCCCCCCCC=CC(CC(=O)O)C(=O)O.c1ccc2n[nH]nc2c1.c1ccc2n[nH]nc2c1. The van der Waals surface area contributed by atoms with Crippen molar-refractivity contribution in [3.63, 3.8) is 0 Å². The third-order valence-electron chi connectivity index (χ3n) is 5.75. The summed E-state index contributed by atoms with van der Waals surface area (Å²) in [5.74, 6) is -3.05. The minimum absolute atomic E-state index is 0.344.